The maximum absolute atomic E-state index is 10.8. The van der Waals surface area contributed by atoms with Gasteiger partial charge in [-0.2, -0.15) is 0 Å². The summed E-state index contributed by atoms with van der Waals surface area (Å²) in [6, 6.07) is 0.221. The molecule has 86 valence electrons. The lowest BCUT2D eigenvalue weighted by Crippen LogP contribution is -2.06. The summed E-state index contributed by atoms with van der Waals surface area (Å²) in [6.45, 7) is 5.85. The number of nitrogens with zero attached hydrogens (tertiary/aromatic N) is 3. The van der Waals surface area contributed by atoms with Gasteiger partial charge in [0, 0.05) is 23.1 Å². The van der Waals surface area contributed by atoms with Gasteiger partial charge in [-0.25, -0.2) is 13.1 Å². The molecular weight excluding hydrogens is 238 g/mol. The molecule has 0 amide bonds. The zero-order chi connectivity index (χ0) is 11.6. The largest absolute Gasteiger partial charge is 0.247 e. The van der Waals surface area contributed by atoms with Crippen molar-refractivity contribution in [2.24, 2.45) is 0 Å². The number of halogens is 1. The van der Waals surface area contributed by atoms with Gasteiger partial charge in [-0.3, -0.25) is 0 Å². The lowest BCUT2D eigenvalue weighted by molar-refractivity contribution is 0.502. The summed E-state index contributed by atoms with van der Waals surface area (Å²) >= 11 is 0. The van der Waals surface area contributed by atoms with Gasteiger partial charge in [0.1, 0.15) is 0 Å². The number of aromatic nitrogens is 3. The van der Waals surface area contributed by atoms with E-state index in [1.165, 1.54) is 0 Å². The summed E-state index contributed by atoms with van der Waals surface area (Å²) in [6.07, 6.45) is 0.310. The summed E-state index contributed by atoms with van der Waals surface area (Å²) in [5.41, 5.74) is 1.58. The normalized spacial score (nSPS) is 12.3. The van der Waals surface area contributed by atoms with Crippen LogP contribution in [0.4, 0.5) is 0 Å². The van der Waals surface area contributed by atoms with Crippen LogP contribution < -0.4 is 0 Å². The van der Waals surface area contributed by atoms with Crippen LogP contribution in [-0.2, 0) is 15.5 Å². The molecule has 0 atom stereocenters. The molecule has 1 aromatic heterocycles. The van der Waals surface area contributed by atoms with E-state index in [2.05, 4.69) is 10.3 Å². The van der Waals surface area contributed by atoms with Gasteiger partial charge in [-0.15, -0.1) is 5.10 Å². The van der Waals surface area contributed by atoms with Crippen LogP contribution in [0.25, 0.3) is 0 Å². The van der Waals surface area contributed by atoms with E-state index < -0.39 is 9.05 Å². The molecule has 0 aliphatic rings. The molecule has 0 aliphatic heterocycles. The second kappa shape index (κ2) is 4.49. The molecule has 0 spiro atoms. The third-order valence-electron chi connectivity index (χ3n) is 2.09. The van der Waals surface area contributed by atoms with Crippen LogP contribution >= 0.6 is 10.7 Å². The molecule has 0 unspecified atom stereocenters. The molecule has 0 bridgehead atoms. The average molecular weight is 252 g/mol. The molecule has 0 saturated carbocycles. The van der Waals surface area contributed by atoms with Crippen molar-refractivity contribution in [2.75, 3.05) is 5.75 Å². The quantitative estimate of drug-likeness (QED) is 0.756. The molecule has 7 heteroatoms. The Morgan fingerprint density at radius 1 is 1.47 bits per heavy atom. The van der Waals surface area contributed by atoms with Gasteiger partial charge in [0.15, 0.2) is 0 Å². The third-order valence-corrected chi connectivity index (χ3v) is 3.25. The highest BCUT2D eigenvalue weighted by Gasteiger charge is 2.13. The van der Waals surface area contributed by atoms with Gasteiger partial charge in [0.05, 0.1) is 17.1 Å². The van der Waals surface area contributed by atoms with Crippen LogP contribution in [0.1, 0.15) is 31.3 Å². The predicted octanol–water partition coefficient (Wildman–Crippen LogP) is 1.28. The number of aryl methyl sites for hydroxylation is 1. The molecule has 0 N–H and O–H groups in total. The zero-order valence-electron chi connectivity index (χ0n) is 8.94. The Kier molecular flexibility index (Phi) is 3.72. The monoisotopic (exact) mass is 251 g/mol. The third kappa shape index (κ3) is 3.46. The first-order valence-corrected chi connectivity index (χ1v) is 7.12. The van der Waals surface area contributed by atoms with E-state index in [0.717, 1.165) is 5.69 Å². The fraction of sp³-hybridized carbons (Fsp3) is 0.750. The summed E-state index contributed by atoms with van der Waals surface area (Å²) in [7, 11) is 1.67. The van der Waals surface area contributed by atoms with Crippen LogP contribution in [0.15, 0.2) is 0 Å². The Balaban J connectivity index is 2.80. The fourth-order valence-corrected chi connectivity index (χ4v) is 1.98. The van der Waals surface area contributed by atoms with E-state index in [1.807, 2.05) is 20.8 Å². The minimum atomic E-state index is -3.45. The molecule has 1 heterocycles. The Morgan fingerprint density at radius 2 is 2.07 bits per heavy atom. The summed E-state index contributed by atoms with van der Waals surface area (Å²) in [5.74, 6) is -0.105. The van der Waals surface area contributed by atoms with Crippen LogP contribution in [0.5, 0.6) is 0 Å². The van der Waals surface area contributed by atoms with Crippen molar-refractivity contribution in [3.8, 4) is 0 Å². The first-order chi connectivity index (χ1) is 6.81. The SMILES string of the molecule is Cc1c(CCS(=O)(=O)Cl)nnn1C(C)C. The molecule has 0 radical (unpaired) electrons. The van der Waals surface area contributed by atoms with Crippen LogP contribution in [0, 0.1) is 6.92 Å². The van der Waals surface area contributed by atoms with E-state index in [4.69, 9.17) is 10.7 Å². The molecule has 15 heavy (non-hydrogen) atoms. The maximum atomic E-state index is 10.8. The van der Waals surface area contributed by atoms with Crippen molar-refractivity contribution in [1.82, 2.24) is 15.0 Å². The van der Waals surface area contributed by atoms with Crippen molar-refractivity contribution in [1.29, 1.82) is 0 Å². The van der Waals surface area contributed by atoms with Crippen molar-refractivity contribution < 1.29 is 8.42 Å². The first-order valence-electron chi connectivity index (χ1n) is 4.64. The number of rotatable bonds is 4. The van der Waals surface area contributed by atoms with E-state index in [0.29, 0.717) is 12.1 Å². The smallest absolute Gasteiger partial charge is 0.232 e. The number of hydrogen-bond acceptors (Lipinski definition) is 4. The van der Waals surface area contributed by atoms with Crippen molar-refractivity contribution >= 4 is 19.7 Å². The fourth-order valence-electron chi connectivity index (χ4n) is 1.31. The van der Waals surface area contributed by atoms with E-state index in [-0.39, 0.29) is 11.8 Å². The molecule has 0 fully saturated rings. The standard InChI is InChI=1S/C8H14ClN3O2S/c1-6(2)12-7(3)8(10-11-12)4-5-15(9,13)14/h6H,4-5H2,1-3H3. The summed E-state index contributed by atoms with van der Waals surface area (Å²) in [5, 5.41) is 7.87. The highest BCUT2D eigenvalue weighted by atomic mass is 35.7. The lowest BCUT2D eigenvalue weighted by Gasteiger charge is -2.06. The summed E-state index contributed by atoms with van der Waals surface area (Å²) < 4.78 is 23.3. The highest BCUT2D eigenvalue weighted by molar-refractivity contribution is 8.13. The molecule has 1 rings (SSSR count). The minimum absolute atomic E-state index is 0.105. The van der Waals surface area contributed by atoms with Gasteiger partial charge in [-0.1, -0.05) is 5.21 Å². The average Bonchev–Trinajstić information content (AvgIpc) is 2.42. The molecule has 1 aromatic rings. The predicted molar refractivity (Wildman–Crippen MR) is 58.5 cm³/mol. The Bertz CT molecular complexity index is 439. The van der Waals surface area contributed by atoms with Crippen LogP contribution in [0.3, 0.4) is 0 Å². The molecular formula is C8H14ClN3O2S. The Hall–Kier alpha value is -0.620. The highest BCUT2D eigenvalue weighted by Crippen LogP contribution is 2.11. The second-order valence-corrected chi connectivity index (χ2v) is 6.55. The van der Waals surface area contributed by atoms with E-state index >= 15 is 0 Å². The summed E-state index contributed by atoms with van der Waals surface area (Å²) in [4.78, 5) is 0. The molecule has 0 saturated heterocycles. The van der Waals surface area contributed by atoms with Crippen LogP contribution in [-0.4, -0.2) is 29.2 Å². The van der Waals surface area contributed by atoms with Gasteiger partial charge in [0.2, 0.25) is 9.05 Å². The Morgan fingerprint density at radius 3 is 2.47 bits per heavy atom. The molecule has 0 aromatic carbocycles. The molecule has 0 aliphatic carbocycles. The van der Waals surface area contributed by atoms with Gasteiger partial charge in [0.25, 0.3) is 0 Å². The number of hydrogen-bond donors (Lipinski definition) is 0. The lowest BCUT2D eigenvalue weighted by atomic mass is 10.2. The molecule has 5 nitrogen and oxygen atoms in total. The van der Waals surface area contributed by atoms with E-state index in [1.54, 1.807) is 4.68 Å². The topological polar surface area (TPSA) is 64.8 Å². The van der Waals surface area contributed by atoms with Gasteiger partial charge in [-0.05, 0) is 20.8 Å². The first kappa shape index (κ1) is 12.4. The minimum Gasteiger partial charge on any atom is -0.247 e. The van der Waals surface area contributed by atoms with Crippen LogP contribution in [0.2, 0.25) is 0 Å². The maximum Gasteiger partial charge on any atom is 0.232 e. The van der Waals surface area contributed by atoms with Crippen molar-refractivity contribution in [3.05, 3.63) is 11.4 Å². The van der Waals surface area contributed by atoms with Gasteiger partial charge < -0.3 is 0 Å². The van der Waals surface area contributed by atoms with E-state index in [9.17, 15) is 8.42 Å². The Labute approximate surface area is 93.8 Å². The van der Waals surface area contributed by atoms with Gasteiger partial charge >= 0.3 is 0 Å². The van der Waals surface area contributed by atoms with Crippen molar-refractivity contribution in [2.45, 2.75) is 33.2 Å². The second-order valence-electron chi connectivity index (χ2n) is 3.65. The zero-order valence-corrected chi connectivity index (χ0v) is 10.5. The van der Waals surface area contributed by atoms with Crippen molar-refractivity contribution in [3.63, 3.8) is 0 Å².